The summed E-state index contributed by atoms with van der Waals surface area (Å²) in [4.78, 5) is 3.43. The van der Waals surface area contributed by atoms with Crippen LogP contribution < -0.4 is 4.74 Å². The maximum atomic E-state index is 5.84. The summed E-state index contributed by atoms with van der Waals surface area (Å²) in [7, 11) is 0. The van der Waals surface area contributed by atoms with Gasteiger partial charge in [-0.2, -0.15) is 0 Å². The molecule has 0 bridgehead atoms. The number of rotatable bonds is 3. The predicted octanol–water partition coefficient (Wildman–Crippen LogP) is 4.29. The molecule has 0 saturated heterocycles. The van der Waals surface area contributed by atoms with E-state index in [-0.39, 0.29) is 0 Å². The van der Waals surface area contributed by atoms with Crippen LogP contribution in [0, 0.1) is 0 Å². The van der Waals surface area contributed by atoms with E-state index in [1.165, 1.54) is 5.39 Å². The van der Waals surface area contributed by atoms with Crippen LogP contribution in [0.4, 0.5) is 0 Å². The van der Waals surface area contributed by atoms with Crippen LogP contribution in [0.15, 0.2) is 34.7 Å². The molecule has 3 nitrogen and oxygen atoms in total. The summed E-state index contributed by atoms with van der Waals surface area (Å²) < 4.78 is 11.6. The zero-order valence-electron chi connectivity index (χ0n) is 10.1. The Balaban J connectivity index is 2.11. The van der Waals surface area contributed by atoms with E-state index in [1.54, 1.807) is 0 Å². The van der Waals surface area contributed by atoms with Crippen molar-refractivity contribution in [2.45, 2.75) is 13.3 Å². The number of hydrogen-bond acceptors (Lipinski definition) is 2. The van der Waals surface area contributed by atoms with E-state index in [0.29, 0.717) is 0 Å². The van der Waals surface area contributed by atoms with Gasteiger partial charge in [0.05, 0.1) is 28.4 Å². The predicted molar refractivity (Wildman–Crippen MR) is 72.5 cm³/mol. The van der Waals surface area contributed by atoms with Crippen LogP contribution in [0.1, 0.15) is 13.3 Å². The summed E-state index contributed by atoms with van der Waals surface area (Å²) in [5.74, 6) is 0.906. The van der Waals surface area contributed by atoms with Gasteiger partial charge < -0.3 is 14.1 Å². The Hall–Kier alpha value is -2.16. The summed E-state index contributed by atoms with van der Waals surface area (Å²) in [5.41, 5.74) is 4.00. The van der Waals surface area contributed by atoms with E-state index in [2.05, 4.69) is 18.0 Å². The molecule has 0 fully saturated rings. The van der Waals surface area contributed by atoms with Gasteiger partial charge in [0.1, 0.15) is 16.9 Å². The Morgan fingerprint density at radius 3 is 2.89 bits per heavy atom. The molecule has 0 unspecified atom stereocenters. The first-order valence-corrected chi connectivity index (χ1v) is 6.26. The summed E-state index contributed by atoms with van der Waals surface area (Å²) in [6.07, 6.45) is 1.01. The zero-order chi connectivity index (χ0) is 12.1. The zero-order valence-corrected chi connectivity index (χ0v) is 10.1. The molecule has 18 heavy (non-hydrogen) atoms. The molecule has 4 rings (SSSR count). The third kappa shape index (κ3) is 1.13. The summed E-state index contributed by atoms with van der Waals surface area (Å²) >= 11 is 0. The highest BCUT2D eigenvalue weighted by molar-refractivity contribution is 6.22. The van der Waals surface area contributed by atoms with E-state index in [9.17, 15) is 0 Å². The Kier molecular flexibility index (Phi) is 1.87. The Labute approximate surface area is 104 Å². The highest BCUT2D eigenvalue weighted by atomic mass is 16.5. The molecule has 3 heteroatoms. The quantitative estimate of drug-likeness (QED) is 0.579. The average molecular weight is 239 g/mol. The first kappa shape index (κ1) is 9.83. The van der Waals surface area contributed by atoms with Crippen LogP contribution >= 0.6 is 0 Å². The second kappa shape index (κ2) is 3.42. The lowest BCUT2D eigenvalue weighted by Gasteiger charge is -2.05. The molecule has 2 aromatic heterocycles. The van der Waals surface area contributed by atoms with Crippen LogP contribution in [0.2, 0.25) is 0 Å². The molecule has 0 aliphatic heterocycles. The third-order valence-electron chi connectivity index (χ3n) is 3.35. The van der Waals surface area contributed by atoms with Crippen molar-refractivity contribution in [3.05, 3.63) is 30.3 Å². The van der Waals surface area contributed by atoms with Gasteiger partial charge in [-0.05, 0) is 30.7 Å². The van der Waals surface area contributed by atoms with Crippen molar-refractivity contribution in [3.63, 3.8) is 0 Å². The molecule has 2 heterocycles. The van der Waals surface area contributed by atoms with Gasteiger partial charge in [-0.25, -0.2) is 0 Å². The second-order valence-corrected chi connectivity index (χ2v) is 4.57. The number of furan rings is 1. The topological polar surface area (TPSA) is 38.2 Å². The van der Waals surface area contributed by atoms with E-state index in [1.807, 2.05) is 24.3 Å². The van der Waals surface area contributed by atoms with Crippen molar-refractivity contribution in [2.24, 2.45) is 0 Å². The molecular formula is C15H13NO2. The SMILES string of the molecule is CCCOc1ccc2oc3cccc4[nH]c1c2c43. The monoisotopic (exact) mass is 239 g/mol. The molecule has 0 aliphatic carbocycles. The van der Waals surface area contributed by atoms with Gasteiger partial charge in [-0.1, -0.05) is 13.0 Å². The lowest BCUT2D eigenvalue weighted by Crippen LogP contribution is -1.95. The average Bonchev–Trinajstić information content (AvgIpc) is 2.95. The molecule has 0 amide bonds. The van der Waals surface area contributed by atoms with Gasteiger partial charge in [0.2, 0.25) is 0 Å². The van der Waals surface area contributed by atoms with Gasteiger partial charge >= 0.3 is 0 Å². The van der Waals surface area contributed by atoms with E-state index >= 15 is 0 Å². The minimum absolute atomic E-state index is 0.734. The highest BCUT2D eigenvalue weighted by Gasteiger charge is 2.17. The number of H-pyrrole nitrogens is 1. The second-order valence-electron chi connectivity index (χ2n) is 4.57. The number of aromatic nitrogens is 1. The molecule has 0 atom stereocenters. The minimum Gasteiger partial charge on any atom is -0.491 e. The van der Waals surface area contributed by atoms with Crippen molar-refractivity contribution in [3.8, 4) is 5.75 Å². The van der Waals surface area contributed by atoms with E-state index in [0.717, 1.165) is 46.4 Å². The summed E-state index contributed by atoms with van der Waals surface area (Å²) in [5, 5.41) is 2.32. The number of aromatic amines is 1. The Bertz CT molecular complexity index is 825. The summed E-state index contributed by atoms with van der Waals surface area (Å²) in [6.45, 7) is 2.84. The fourth-order valence-electron chi connectivity index (χ4n) is 2.59. The maximum Gasteiger partial charge on any atom is 0.143 e. The van der Waals surface area contributed by atoms with Crippen LogP contribution in [0.3, 0.4) is 0 Å². The van der Waals surface area contributed by atoms with Crippen LogP contribution in [0.5, 0.6) is 5.75 Å². The Morgan fingerprint density at radius 1 is 1.11 bits per heavy atom. The molecular weight excluding hydrogens is 226 g/mol. The van der Waals surface area contributed by atoms with E-state index in [4.69, 9.17) is 9.15 Å². The molecule has 4 aromatic rings. The highest BCUT2D eigenvalue weighted by Crippen LogP contribution is 2.40. The third-order valence-corrected chi connectivity index (χ3v) is 3.35. The Morgan fingerprint density at radius 2 is 2.00 bits per heavy atom. The lowest BCUT2D eigenvalue weighted by molar-refractivity contribution is 0.320. The molecule has 0 radical (unpaired) electrons. The number of nitrogens with one attached hydrogen (secondary N) is 1. The molecule has 0 aliphatic rings. The number of benzene rings is 2. The fraction of sp³-hybridized carbons (Fsp3) is 0.200. The largest absolute Gasteiger partial charge is 0.491 e. The van der Waals surface area contributed by atoms with E-state index < -0.39 is 0 Å². The molecule has 0 spiro atoms. The molecule has 1 N–H and O–H groups in total. The van der Waals surface area contributed by atoms with Crippen LogP contribution in [-0.4, -0.2) is 11.6 Å². The molecule has 90 valence electrons. The van der Waals surface area contributed by atoms with Gasteiger partial charge in [0, 0.05) is 0 Å². The van der Waals surface area contributed by atoms with Crippen molar-refractivity contribution >= 4 is 33.0 Å². The van der Waals surface area contributed by atoms with Gasteiger partial charge in [0.15, 0.2) is 0 Å². The van der Waals surface area contributed by atoms with Crippen LogP contribution in [-0.2, 0) is 0 Å². The van der Waals surface area contributed by atoms with Crippen molar-refractivity contribution in [1.29, 1.82) is 0 Å². The maximum absolute atomic E-state index is 5.84. The first-order chi connectivity index (χ1) is 8.88. The number of hydrogen-bond donors (Lipinski definition) is 1. The van der Waals surface area contributed by atoms with Crippen LogP contribution in [0.25, 0.3) is 33.0 Å². The first-order valence-electron chi connectivity index (χ1n) is 6.26. The number of ether oxygens (including phenoxy) is 1. The standard InChI is InChI=1S/C15H13NO2/c1-2-8-17-12-7-6-11-14-13-9(16-15(12)14)4-3-5-10(13)18-11/h3-7,16H,2,8H2,1H3. The van der Waals surface area contributed by atoms with Crippen molar-refractivity contribution in [1.82, 2.24) is 4.98 Å². The molecule has 0 saturated carbocycles. The lowest BCUT2D eigenvalue weighted by atomic mass is 10.1. The molecule has 2 aromatic carbocycles. The van der Waals surface area contributed by atoms with Crippen molar-refractivity contribution < 1.29 is 9.15 Å². The minimum atomic E-state index is 0.734. The normalized spacial score (nSPS) is 12.1. The van der Waals surface area contributed by atoms with Crippen molar-refractivity contribution in [2.75, 3.05) is 6.61 Å². The summed E-state index contributed by atoms with van der Waals surface area (Å²) in [6, 6.07) is 10.0. The van der Waals surface area contributed by atoms with Gasteiger partial charge in [0.25, 0.3) is 0 Å². The van der Waals surface area contributed by atoms with Gasteiger partial charge in [-0.3, -0.25) is 0 Å². The van der Waals surface area contributed by atoms with Gasteiger partial charge in [-0.15, -0.1) is 0 Å². The fourth-order valence-corrected chi connectivity index (χ4v) is 2.59. The smallest absolute Gasteiger partial charge is 0.143 e.